The fourth-order valence-electron chi connectivity index (χ4n) is 1.19. The van der Waals surface area contributed by atoms with Gasteiger partial charge in [0.2, 0.25) is 0 Å². The summed E-state index contributed by atoms with van der Waals surface area (Å²) >= 11 is 0. The Morgan fingerprint density at radius 1 is 1.53 bits per heavy atom. The summed E-state index contributed by atoms with van der Waals surface area (Å²) in [7, 11) is 1.78. The highest BCUT2D eigenvalue weighted by Gasteiger charge is 2.04. The molecule has 0 fully saturated rings. The lowest BCUT2D eigenvalue weighted by Crippen LogP contribution is -2.24. The lowest BCUT2D eigenvalue weighted by molar-refractivity contribution is 0.0953. The van der Waals surface area contributed by atoms with Gasteiger partial charge in [0.15, 0.2) is 0 Å². The Morgan fingerprint density at radius 2 is 2.33 bits per heavy atom. The molecular formula is C11H17N3O. The maximum atomic E-state index is 11.6. The summed E-state index contributed by atoms with van der Waals surface area (Å²) in [5.41, 5.74) is 0.644. The van der Waals surface area contributed by atoms with Crippen LogP contribution in [0.2, 0.25) is 0 Å². The molecule has 4 nitrogen and oxygen atoms in total. The number of amides is 1. The quantitative estimate of drug-likeness (QED) is 0.722. The van der Waals surface area contributed by atoms with Gasteiger partial charge in [-0.2, -0.15) is 0 Å². The van der Waals surface area contributed by atoms with Crippen molar-refractivity contribution in [2.75, 3.05) is 18.9 Å². The van der Waals surface area contributed by atoms with Crippen molar-refractivity contribution in [3.8, 4) is 0 Å². The van der Waals surface area contributed by atoms with E-state index in [0.717, 1.165) is 19.4 Å². The molecule has 1 rings (SSSR count). The van der Waals surface area contributed by atoms with Crippen LogP contribution in [0.3, 0.4) is 0 Å². The third-order valence-corrected chi connectivity index (χ3v) is 2.09. The Bertz CT molecular complexity index is 325. The molecule has 2 N–H and O–H groups in total. The zero-order valence-corrected chi connectivity index (χ0v) is 9.21. The van der Waals surface area contributed by atoms with Crippen LogP contribution >= 0.6 is 0 Å². The van der Waals surface area contributed by atoms with Crippen molar-refractivity contribution in [2.24, 2.45) is 0 Å². The fourth-order valence-corrected chi connectivity index (χ4v) is 1.19. The molecule has 4 heteroatoms. The largest absolute Gasteiger partial charge is 0.373 e. The molecule has 0 unspecified atom stereocenters. The number of rotatable bonds is 5. The van der Waals surface area contributed by atoms with Gasteiger partial charge < -0.3 is 10.6 Å². The van der Waals surface area contributed by atoms with Gasteiger partial charge in [0.05, 0.1) is 0 Å². The van der Waals surface area contributed by atoms with Gasteiger partial charge in [-0.05, 0) is 18.6 Å². The molecule has 1 amide bonds. The van der Waals surface area contributed by atoms with Gasteiger partial charge in [0.1, 0.15) is 5.82 Å². The van der Waals surface area contributed by atoms with E-state index >= 15 is 0 Å². The molecule has 0 saturated carbocycles. The van der Waals surface area contributed by atoms with Crippen molar-refractivity contribution in [1.82, 2.24) is 10.3 Å². The van der Waals surface area contributed by atoms with Gasteiger partial charge in [0.25, 0.3) is 5.91 Å². The number of hydrogen-bond donors (Lipinski definition) is 2. The Labute approximate surface area is 90.1 Å². The van der Waals surface area contributed by atoms with E-state index in [0.29, 0.717) is 11.4 Å². The Kier molecular flexibility index (Phi) is 4.60. The van der Waals surface area contributed by atoms with Crippen molar-refractivity contribution < 1.29 is 4.79 Å². The highest BCUT2D eigenvalue weighted by Crippen LogP contribution is 2.05. The summed E-state index contributed by atoms with van der Waals surface area (Å²) in [4.78, 5) is 15.7. The number of aromatic nitrogens is 1. The zero-order chi connectivity index (χ0) is 11.1. The number of unbranched alkanes of at least 4 members (excludes halogenated alkanes) is 1. The Balaban J connectivity index is 2.57. The van der Waals surface area contributed by atoms with Crippen molar-refractivity contribution in [2.45, 2.75) is 19.8 Å². The minimum atomic E-state index is -0.0395. The standard InChI is InChI=1S/C11H17N3O/c1-3-4-6-14-11(15)9-5-7-13-10(8-9)12-2/h5,7-8H,3-4,6H2,1-2H3,(H,12,13)(H,14,15). The molecule has 0 aliphatic heterocycles. The van der Waals surface area contributed by atoms with E-state index in [-0.39, 0.29) is 5.91 Å². The van der Waals surface area contributed by atoms with Crippen LogP contribution in [0.1, 0.15) is 30.1 Å². The van der Waals surface area contributed by atoms with Gasteiger partial charge in [-0.25, -0.2) is 4.98 Å². The number of hydrogen-bond acceptors (Lipinski definition) is 3. The minimum absolute atomic E-state index is 0.0395. The number of anilines is 1. The number of nitrogens with one attached hydrogen (secondary N) is 2. The SMILES string of the molecule is CCCCNC(=O)c1ccnc(NC)c1. The molecule has 0 spiro atoms. The number of pyridine rings is 1. The number of carbonyl (C=O) groups excluding carboxylic acids is 1. The zero-order valence-electron chi connectivity index (χ0n) is 9.21. The lowest BCUT2D eigenvalue weighted by Gasteiger charge is -2.05. The van der Waals surface area contributed by atoms with E-state index < -0.39 is 0 Å². The second kappa shape index (κ2) is 6.01. The van der Waals surface area contributed by atoms with E-state index in [9.17, 15) is 4.79 Å². The monoisotopic (exact) mass is 207 g/mol. The summed E-state index contributed by atoms with van der Waals surface area (Å²) < 4.78 is 0. The Morgan fingerprint density at radius 3 is 3.00 bits per heavy atom. The van der Waals surface area contributed by atoms with E-state index in [1.54, 1.807) is 25.4 Å². The first kappa shape index (κ1) is 11.5. The third-order valence-electron chi connectivity index (χ3n) is 2.09. The lowest BCUT2D eigenvalue weighted by atomic mass is 10.2. The molecule has 0 aliphatic carbocycles. The molecule has 1 heterocycles. The molecule has 0 radical (unpaired) electrons. The van der Waals surface area contributed by atoms with Crippen LogP contribution in [0.15, 0.2) is 18.3 Å². The first-order valence-corrected chi connectivity index (χ1v) is 5.20. The predicted molar refractivity (Wildman–Crippen MR) is 61.0 cm³/mol. The maximum absolute atomic E-state index is 11.6. The van der Waals surface area contributed by atoms with E-state index in [2.05, 4.69) is 22.5 Å². The van der Waals surface area contributed by atoms with Crippen molar-refractivity contribution >= 4 is 11.7 Å². The van der Waals surface area contributed by atoms with Gasteiger partial charge >= 0.3 is 0 Å². The highest BCUT2D eigenvalue weighted by molar-refractivity contribution is 5.94. The molecule has 0 atom stereocenters. The first-order valence-electron chi connectivity index (χ1n) is 5.20. The first-order chi connectivity index (χ1) is 7.27. The van der Waals surface area contributed by atoms with Gasteiger partial charge in [-0.3, -0.25) is 4.79 Å². The average Bonchev–Trinajstić information content (AvgIpc) is 2.29. The van der Waals surface area contributed by atoms with Gasteiger partial charge in [-0.1, -0.05) is 13.3 Å². The van der Waals surface area contributed by atoms with E-state index in [4.69, 9.17) is 0 Å². The van der Waals surface area contributed by atoms with Crippen LogP contribution in [-0.4, -0.2) is 24.5 Å². The Hall–Kier alpha value is -1.58. The van der Waals surface area contributed by atoms with Crippen LogP contribution in [-0.2, 0) is 0 Å². The molecule has 0 aromatic carbocycles. The predicted octanol–water partition coefficient (Wildman–Crippen LogP) is 1.65. The molecule has 15 heavy (non-hydrogen) atoms. The van der Waals surface area contributed by atoms with Gasteiger partial charge in [0, 0.05) is 25.4 Å². The molecule has 0 saturated heterocycles. The smallest absolute Gasteiger partial charge is 0.251 e. The topological polar surface area (TPSA) is 54.0 Å². The van der Waals surface area contributed by atoms with Crippen molar-refractivity contribution in [3.05, 3.63) is 23.9 Å². The fraction of sp³-hybridized carbons (Fsp3) is 0.455. The van der Waals surface area contributed by atoms with Crippen molar-refractivity contribution in [1.29, 1.82) is 0 Å². The average molecular weight is 207 g/mol. The minimum Gasteiger partial charge on any atom is -0.373 e. The second-order valence-electron chi connectivity index (χ2n) is 3.29. The molecular weight excluding hydrogens is 190 g/mol. The van der Waals surface area contributed by atoms with Crippen LogP contribution in [0.4, 0.5) is 5.82 Å². The van der Waals surface area contributed by atoms with Crippen LogP contribution in [0.5, 0.6) is 0 Å². The van der Waals surface area contributed by atoms with Crippen molar-refractivity contribution in [3.63, 3.8) is 0 Å². The molecule has 0 bridgehead atoms. The molecule has 1 aromatic rings. The second-order valence-corrected chi connectivity index (χ2v) is 3.29. The number of nitrogens with zero attached hydrogens (tertiary/aromatic N) is 1. The molecule has 1 aromatic heterocycles. The summed E-state index contributed by atoms with van der Waals surface area (Å²) in [6, 6.07) is 3.45. The molecule has 0 aliphatic rings. The maximum Gasteiger partial charge on any atom is 0.251 e. The van der Waals surface area contributed by atoms with Crippen LogP contribution < -0.4 is 10.6 Å². The van der Waals surface area contributed by atoms with Crippen LogP contribution in [0.25, 0.3) is 0 Å². The summed E-state index contributed by atoms with van der Waals surface area (Å²) in [5.74, 6) is 0.667. The summed E-state index contributed by atoms with van der Waals surface area (Å²) in [6.07, 6.45) is 3.72. The van der Waals surface area contributed by atoms with Gasteiger partial charge in [-0.15, -0.1) is 0 Å². The van der Waals surface area contributed by atoms with E-state index in [1.807, 2.05) is 0 Å². The highest BCUT2D eigenvalue weighted by atomic mass is 16.1. The molecule has 82 valence electrons. The third kappa shape index (κ3) is 3.58. The summed E-state index contributed by atoms with van der Waals surface area (Å²) in [5, 5.41) is 5.76. The van der Waals surface area contributed by atoms with Crippen LogP contribution in [0, 0.1) is 0 Å². The normalized spacial score (nSPS) is 9.73. The summed E-state index contributed by atoms with van der Waals surface area (Å²) in [6.45, 7) is 2.82. The van der Waals surface area contributed by atoms with E-state index in [1.165, 1.54) is 0 Å². The number of carbonyl (C=O) groups is 1.